The minimum Gasteiger partial charge on any atom is -0.497 e. The molecule has 0 aliphatic rings. The van der Waals surface area contributed by atoms with Gasteiger partial charge in [-0.3, -0.25) is 4.79 Å². The van der Waals surface area contributed by atoms with Crippen molar-refractivity contribution in [3.63, 3.8) is 0 Å². The van der Waals surface area contributed by atoms with E-state index in [0.717, 1.165) is 16.9 Å². The van der Waals surface area contributed by atoms with E-state index < -0.39 is 0 Å². The Morgan fingerprint density at radius 2 is 1.79 bits per heavy atom. The molecule has 29 heavy (non-hydrogen) atoms. The van der Waals surface area contributed by atoms with Crippen LogP contribution in [0.15, 0.2) is 47.0 Å². The van der Waals surface area contributed by atoms with Crippen molar-refractivity contribution < 1.29 is 23.5 Å². The number of nitrogens with one attached hydrogen (secondary N) is 1. The molecule has 2 aromatic carbocycles. The lowest BCUT2D eigenvalue weighted by molar-refractivity contribution is 0.0941. The molecule has 0 aliphatic carbocycles. The standard InChI is InChI=1S/C22H24N2O5/c1-14-5-6-18(9-15(14)2)28-13-19-11-20(24-29-19)22(25)23-12-16-10-17(26-3)7-8-21(16)27-4/h5-11H,12-13H2,1-4H3,(H,23,25). The highest BCUT2D eigenvalue weighted by molar-refractivity contribution is 5.92. The number of benzene rings is 2. The van der Waals surface area contributed by atoms with Gasteiger partial charge in [-0.15, -0.1) is 0 Å². The fourth-order valence-electron chi connectivity index (χ4n) is 2.73. The van der Waals surface area contributed by atoms with Crippen LogP contribution in [0.4, 0.5) is 0 Å². The average Bonchev–Trinajstić information content (AvgIpc) is 3.21. The van der Waals surface area contributed by atoms with Crippen LogP contribution in [0.25, 0.3) is 0 Å². The number of aryl methyl sites for hydroxylation is 2. The van der Waals surface area contributed by atoms with Gasteiger partial charge in [0, 0.05) is 18.2 Å². The number of methoxy groups -OCH3 is 2. The molecular formula is C22H24N2O5. The van der Waals surface area contributed by atoms with Crippen molar-refractivity contribution in [3.05, 3.63) is 70.6 Å². The van der Waals surface area contributed by atoms with Crippen molar-refractivity contribution in [2.75, 3.05) is 14.2 Å². The lowest BCUT2D eigenvalue weighted by Crippen LogP contribution is -2.23. The van der Waals surface area contributed by atoms with Crippen molar-refractivity contribution >= 4 is 5.91 Å². The molecule has 3 rings (SSSR count). The van der Waals surface area contributed by atoms with Crippen LogP contribution in [0.2, 0.25) is 0 Å². The summed E-state index contributed by atoms with van der Waals surface area (Å²) < 4.78 is 21.5. The zero-order chi connectivity index (χ0) is 20.8. The first-order valence-corrected chi connectivity index (χ1v) is 9.15. The van der Waals surface area contributed by atoms with E-state index in [2.05, 4.69) is 10.5 Å². The molecule has 0 fully saturated rings. The van der Waals surface area contributed by atoms with Crippen LogP contribution in [0.1, 0.15) is 32.9 Å². The zero-order valence-corrected chi connectivity index (χ0v) is 16.9. The molecule has 0 unspecified atom stereocenters. The molecule has 0 atom stereocenters. The summed E-state index contributed by atoms with van der Waals surface area (Å²) in [7, 11) is 3.16. The molecule has 7 nitrogen and oxygen atoms in total. The Hall–Kier alpha value is -3.48. The van der Waals surface area contributed by atoms with E-state index in [0.29, 0.717) is 17.3 Å². The fraction of sp³-hybridized carbons (Fsp3) is 0.273. The van der Waals surface area contributed by atoms with E-state index >= 15 is 0 Å². The monoisotopic (exact) mass is 396 g/mol. The van der Waals surface area contributed by atoms with E-state index in [1.54, 1.807) is 32.4 Å². The quantitative estimate of drug-likeness (QED) is 0.623. The number of nitrogens with zero attached hydrogens (tertiary/aromatic N) is 1. The van der Waals surface area contributed by atoms with Gasteiger partial charge in [-0.2, -0.15) is 0 Å². The number of hydrogen-bond donors (Lipinski definition) is 1. The van der Waals surface area contributed by atoms with Gasteiger partial charge in [0.25, 0.3) is 5.91 Å². The van der Waals surface area contributed by atoms with Crippen molar-refractivity contribution in [1.29, 1.82) is 0 Å². The first-order chi connectivity index (χ1) is 14.0. The highest BCUT2D eigenvalue weighted by Crippen LogP contribution is 2.24. The van der Waals surface area contributed by atoms with Gasteiger partial charge in [0.15, 0.2) is 11.5 Å². The molecule has 0 saturated carbocycles. The number of rotatable bonds is 8. The third kappa shape index (κ3) is 5.07. The molecule has 1 aromatic heterocycles. The second-order valence-electron chi connectivity index (χ2n) is 6.57. The number of aromatic nitrogens is 1. The summed E-state index contributed by atoms with van der Waals surface area (Å²) in [5.74, 6) is 2.19. The van der Waals surface area contributed by atoms with Gasteiger partial charge < -0.3 is 24.1 Å². The lowest BCUT2D eigenvalue weighted by Gasteiger charge is -2.10. The molecule has 7 heteroatoms. The van der Waals surface area contributed by atoms with Crippen LogP contribution in [-0.2, 0) is 13.2 Å². The van der Waals surface area contributed by atoms with Crippen LogP contribution < -0.4 is 19.5 Å². The number of ether oxygens (including phenoxy) is 3. The van der Waals surface area contributed by atoms with Crippen LogP contribution in [0.3, 0.4) is 0 Å². The van der Waals surface area contributed by atoms with Crippen LogP contribution in [-0.4, -0.2) is 25.3 Å². The summed E-state index contributed by atoms with van der Waals surface area (Å²) in [5.41, 5.74) is 3.32. The molecule has 0 aliphatic heterocycles. The second kappa shape index (κ2) is 9.14. The molecule has 1 heterocycles. The molecule has 3 aromatic rings. The van der Waals surface area contributed by atoms with E-state index in [1.807, 2.05) is 38.1 Å². The van der Waals surface area contributed by atoms with Crippen LogP contribution >= 0.6 is 0 Å². The van der Waals surface area contributed by atoms with Gasteiger partial charge in [-0.05, 0) is 55.3 Å². The van der Waals surface area contributed by atoms with Crippen LogP contribution in [0, 0.1) is 13.8 Å². The summed E-state index contributed by atoms with van der Waals surface area (Å²) in [6, 6.07) is 12.8. The summed E-state index contributed by atoms with van der Waals surface area (Å²) >= 11 is 0. The molecule has 152 valence electrons. The lowest BCUT2D eigenvalue weighted by atomic mass is 10.1. The Kier molecular flexibility index (Phi) is 6.39. The van der Waals surface area contributed by atoms with Crippen molar-refractivity contribution in [1.82, 2.24) is 10.5 Å². The topological polar surface area (TPSA) is 82.8 Å². The van der Waals surface area contributed by atoms with Gasteiger partial charge in [-0.25, -0.2) is 0 Å². The smallest absolute Gasteiger partial charge is 0.273 e. The maximum Gasteiger partial charge on any atom is 0.273 e. The van der Waals surface area contributed by atoms with Crippen LogP contribution in [0.5, 0.6) is 17.2 Å². The van der Waals surface area contributed by atoms with Gasteiger partial charge in [-0.1, -0.05) is 11.2 Å². The van der Waals surface area contributed by atoms with Gasteiger partial charge >= 0.3 is 0 Å². The predicted molar refractivity (Wildman–Crippen MR) is 107 cm³/mol. The SMILES string of the molecule is COc1ccc(OC)c(CNC(=O)c2cc(COc3ccc(C)c(C)c3)on2)c1. The summed E-state index contributed by atoms with van der Waals surface area (Å²) in [6.07, 6.45) is 0. The van der Waals surface area contributed by atoms with Crippen molar-refractivity contribution in [2.24, 2.45) is 0 Å². The molecule has 0 saturated heterocycles. The Balaban J connectivity index is 1.58. The largest absolute Gasteiger partial charge is 0.497 e. The molecule has 1 N–H and O–H groups in total. The number of hydrogen-bond acceptors (Lipinski definition) is 6. The van der Waals surface area contributed by atoms with E-state index in [1.165, 1.54) is 5.56 Å². The Bertz CT molecular complexity index is 997. The maximum absolute atomic E-state index is 12.4. The minimum atomic E-state index is -0.351. The third-order valence-corrected chi connectivity index (χ3v) is 4.58. The summed E-state index contributed by atoms with van der Waals surface area (Å²) in [4.78, 5) is 12.4. The van der Waals surface area contributed by atoms with Crippen molar-refractivity contribution in [2.45, 2.75) is 27.0 Å². The summed E-state index contributed by atoms with van der Waals surface area (Å²) in [5, 5.41) is 6.63. The zero-order valence-electron chi connectivity index (χ0n) is 16.9. The average molecular weight is 396 g/mol. The van der Waals surface area contributed by atoms with Crippen molar-refractivity contribution in [3.8, 4) is 17.2 Å². The third-order valence-electron chi connectivity index (χ3n) is 4.58. The molecular weight excluding hydrogens is 372 g/mol. The number of carbonyl (C=O) groups excluding carboxylic acids is 1. The Morgan fingerprint density at radius 3 is 2.52 bits per heavy atom. The Morgan fingerprint density at radius 1 is 1.00 bits per heavy atom. The molecule has 0 spiro atoms. The maximum atomic E-state index is 12.4. The first kappa shape index (κ1) is 20.3. The Labute approximate surface area is 169 Å². The second-order valence-corrected chi connectivity index (χ2v) is 6.57. The first-order valence-electron chi connectivity index (χ1n) is 9.15. The normalized spacial score (nSPS) is 10.5. The van der Waals surface area contributed by atoms with E-state index in [4.69, 9.17) is 18.7 Å². The molecule has 0 radical (unpaired) electrons. The minimum absolute atomic E-state index is 0.186. The molecule has 0 bridgehead atoms. The van der Waals surface area contributed by atoms with Gasteiger partial charge in [0.2, 0.25) is 0 Å². The molecule has 1 amide bonds. The fourth-order valence-corrected chi connectivity index (χ4v) is 2.73. The summed E-state index contributed by atoms with van der Waals surface area (Å²) in [6.45, 7) is 4.52. The number of amides is 1. The van der Waals surface area contributed by atoms with E-state index in [-0.39, 0.29) is 24.8 Å². The predicted octanol–water partition coefficient (Wildman–Crippen LogP) is 3.82. The highest BCUT2D eigenvalue weighted by atomic mass is 16.5. The highest BCUT2D eigenvalue weighted by Gasteiger charge is 2.14. The van der Waals surface area contributed by atoms with Gasteiger partial charge in [0.05, 0.1) is 14.2 Å². The van der Waals surface area contributed by atoms with E-state index in [9.17, 15) is 4.79 Å². The van der Waals surface area contributed by atoms with Gasteiger partial charge in [0.1, 0.15) is 23.9 Å². The number of carbonyl (C=O) groups is 1.